The third-order valence-corrected chi connectivity index (χ3v) is 6.29. The molecule has 1 amide bonds. The predicted octanol–water partition coefficient (Wildman–Crippen LogP) is 7.06. The van der Waals surface area contributed by atoms with Gasteiger partial charge >= 0.3 is 0 Å². The number of furan rings is 1. The number of carbonyl (C=O) groups excluding carboxylic acids is 1. The summed E-state index contributed by atoms with van der Waals surface area (Å²) in [5, 5.41) is 7.71. The van der Waals surface area contributed by atoms with Crippen LogP contribution in [-0.4, -0.2) is 15.7 Å². The number of nitrogens with zero attached hydrogens (tertiary/aromatic N) is 2. The van der Waals surface area contributed by atoms with Crippen molar-refractivity contribution in [3.05, 3.63) is 99.5 Å². The van der Waals surface area contributed by atoms with Crippen molar-refractivity contribution in [2.24, 2.45) is 0 Å². The molecule has 2 heterocycles. The second kappa shape index (κ2) is 10.2. The maximum atomic E-state index is 13.4. The van der Waals surface area contributed by atoms with Crippen molar-refractivity contribution in [3.63, 3.8) is 0 Å². The van der Waals surface area contributed by atoms with E-state index in [0.29, 0.717) is 28.7 Å². The van der Waals surface area contributed by atoms with E-state index in [0.717, 1.165) is 17.0 Å². The Labute approximate surface area is 215 Å². The van der Waals surface area contributed by atoms with E-state index >= 15 is 0 Å². The van der Waals surface area contributed by atoms with Crippen molar-refractivity contribution in [3.8, 4) is 5.75 Å². The van der Waals surface area contributed by atoms with E-state index in [4.69, 9.17) is 20.8 Å². The zero-order chi connectivity index (χ0) is 26.0. The van der Waals surface area contributed by atoms with Gasteiger partial charge in [-0.2, -0.15) is 5.10 Å². The molecule has 0 aliphatic rings. The Hall–Kier alpha value is -3.58. The van der Waals surface area contributed by atoms with Gasteiger partial charge < -0.3 is 14.5 Å². The zero-order valence-corrected chi connectivity index (χ0v) is 21.7. The number of benzene rings is 2. The Morgan fingerprint density at radius 1 is 1.11 bits per heavy atom. The molecule has 0 unspecified atom stereocenters. The minimum absolute atomic E-state index is 0.0724. The van der Waals surface area contributed by atoms with E-state index < -0.39 is 5.82 Å². The molecule has 0 saturated heterocycles. The van der Waals surface area contributed by atoms with Gasteiger partial charge in [0.05, 0.1) is 23.6 Å². The molecule has 0 bridgehead atoms. The summed E-state index contributed by atoms with van der Waals surface area (Å²) >= 11 is 6.16. The third kappa shape index (κ3) is 5.79. The first-order chi connectivity index (χ1) is 17.0. The van der Waals surface area contributed by atoms with Crippen LogP contribution in [0.3, 0.4) is 0 Å². The highest BCUT2D eigenvalue weighted by molar-refractivity contribution is 6.31. The molecular formula is C28H29ClFN3O3. The summed E-state index contributed by atoms with van der Waals surface area (Å²) in [4.78, 5) is 12.9. The number of aryl methyl sites for hydroxylation is 1. The van der Waals surface area contributed by atoms with Crippen LogP contribution < -0.4 is 10.1 Å². The lowest BCUT2D eigenvalue weighted by Gasteiger charge is -2.19. The number of nitrogens with one attached hydrogen (secondary N) is 1. The lowest BCUT2D eigenvalue weighted by atomic mass is 9.87. The maximum absolute atomic E-state index is 13.4. The number of halogens is 2. The number of anilines is 1. The molecule has 36 heavy (non-hydrogen) atoms. The van der Waals surface area contributed by atoms with E-state index in [1.165, 1.54) is 17.7 Å². The first kappa shape index (κ1) is 25.5. The quantitative estimate of drug-likeness (QED) is 0.289. The zero-order valence-electron chi connectivity index (χ0n) is 21.0. The molecule has 0 atom stereocenters. The van der Waals surface area contributed by atoms with Gasteiger partial charge in [0.1, 0.15) is 23.9 Å². The van der Waals surface area contributed by atoms with Gasteiger partial charge in [-0.1, -0.05) is 50.6 Å². The Morgan fingerprint density at radius 3 is 2.50 bits per heavy atom. The summed E-state index contributed by atoms with van der Waals surface area (Å²) in [6.45, 7) is 10.7. The van der Waals surface area contributed by atoms with Gasteiger partial charge in [-0.3, -0.25) is 9.48 Å². The Morgan fingerprint density at radius 2 is 1.83 bits per heavy atom. The molecule has 0 saturated carbocycles. The van der Waals surface area contributed by atoms with Crippen LogP contribution in [0.25, 0.3) is 0 Å². The minimum Gasteiger partial charge on any atom is -0.486 e. The van der Waals surface area contributed by atoms with Crippen molar-refractivity contribution >= 4 is 23.2 Å². The fraction of sp³-hybridized carbons (Fsp3) is 0.286. The van der Waals surface area contributed by atoms with Crippen molar-refractivity contribution < 1.29 is 18.3 Å². The van der Waals surface area contributed by atoms with Crippen molar-refractivity contribution in [2.45, 2.75) is 53.2 Å². The van der Waals surface area contributed by atoms with E-state index in [1.54, 1.807) is 29.8 Å². The molecule has 0 fully saturated rings. The normalized spacial score (nSPS) is 11.5. The van der Waals surface area contributed by atoms with Crippen LogP contribution in [0, 0.1) is 19.7 Å². The van der Waals surface area contributed by atoms with Crippen molar-refractivity contribution in [1.82, 2.24) is 9.78 Å². The first-order valence-electron chi connectivity index (χ1n) is 11.6. The Kier molecular flexibility index (Phi) is 7.22. The van der Waals surface area contributed by atoms with Gasteiger partial charge in [-0.15, -0.1) is 0 Å². The van der Waals surface area contributed by atoms with Gasteiger partial charge in [0.25, 0.3) is 5.91 Å². The van der Waals surface area contributed by atoms with E-state index in [1.807, 2.05) is 31.2 Å². The smallest absolute Gasteiger partial charge is 0.291 e. The van der Waals surface area contributed by atoms with Crippen LogP contribution in [0.1, 0.15) is 59.6 Å². The molecule has 0 radical (unpaired) electrons. The monoisotopic (exact) mass is 509 g/mol. The molecule has 188 valence electrons. The van der Waals surface area contributed by atoms with Gasteiger partial charge in [0.2, 0.25) is 0 Å². The molecule has 0 aliphatic carbocycles. The lowest BCUT2D eigenvalue weighted by Crippen LogP contribution is -2.12. The van der Waals surface area contributed by atoms with E-state index in [2.05, 4.69) is 31.2 Å². The molecule has 8 heteroatoms. The number of carbonyl (C=O) groups is 1. The summed E-state index contributed by atoms with van der Waals surface area (Å²) in [7, 11) is 0. The van der Waals surface area contributed by atoms with Crippen LogP contribution in [-0.2, 0) is 18.6 Å². The molecule has 2 aromatic heterocycles. The van der Waals surface area contributed by atoms with Crippen LogP contribution in [0.5, 0.6) is 5.75 Å². The summed E-state index contributed by atoms with van der Waals surface area (Å²) in [5.74, 6) is 0.651. The number of amides is 1. The summed E-state index contributed by atoms with van der Waals surface area (Å²) in [6.07, 6.45) is 0. The van der Waals surface area contributed by atoms with Crippen LogP contribution in [0.2, 0.25) is 5.02 Å². The second-order valence-corrected chi connectivity index (χ2v) is 10.1. The molecule has 0 spiro atoms. The first-order valence-corrected chi connectivity index (χ1v) is 12.0. The topological polar surface area (TPSA) is 69.3 Å². The van der Waals surface area contributed by atoms with Gasteiger partial charge in [-0.05, 0) is 66.8 Å². The SMILES string of the molecule is Cc1nn(Cc2ccc(F)cc2Cl)c(C)c1NC(=O)c1ccc(COc2ccc(C(C)(C)C)cc2)o1. The predicted molar refractivity (Wildman–Crippen MR) is 138 cm³/mol. The summed E-state index contributed by atoms with van der Waals surface area (Å²) < 4.78 is 26.6. The molecule has 1 N–H and O–H groups in total. The van der Waals surface area contributed by atoms with E-state index in [9.17, 15) is 9.18 Å². The third-order valence-electron chi connectivity index (χ3n) is 5.94. The van der Waals surface area contributed by atoms with Gasteiger partial charge in [0, 0.05) is 5.02 Å². The molecule has 4 aromatic rings. The van der Waals surface area contributed by atoms with Crippen LogP contribution in [0.15, 0.2) is 59.0 Å². The fourth-order valence-corrected chi connectivity index (χ4v) is 4.03. The van der Waals surface area contributed by atoms with Gasteiger partial charge in [0.15, 0.2) is 5.76 Å². The number of aromatic nitrogens is 2. The Bertz CT molecular complexity index is 1380. The van der Waals surface area contributed by atoms with Crippen molar-refractivity contribution in [1.29, 1.82) is 0 Å². The average molecular weight is 510 g/mol. The number of ether oxygens (including phenoxy) is 1. The maximum Gasteiger partial charge on any atom is 0.291 e. The van der Waals surface area contributed by atoms with Crippen LogP contribution >= 0.6 is 11.6 Å². The van der Waals surface area contributed by atoms with Crippen molar-refractivity contribution in [2.75, 3.05) is 5.32 Å². The minimum atomic E-state index is -0.397. The molecular weight excluding hydrogens is 481 g/mol. The highest BCUT2D eigenvalue weighted by atomic mass is 35.5. The molecule has 0 aliphatic heterocycles. The second-order valence-electron chi connectivity index (χ2n) is 9.72. The largest absolute Gasteiger partial charge is 0.486 e. The highest BCUT2D eigenvalue weighted by Crippen LogP contribution is 2.26. The van der Waals surface area contributed by atoms with E-state index in [-0.39, 0.29) is 23.7 Å². The summed E-state index contributed by atoms with van der Waals surface area (Å²) in [5.41, 5.74) is 4.00. The lowest BCUT2D eigenvalue weighted by molar-refractivity contribution is 0.0992. The molecule has 2 aromatic carbocycles. The summed E-state index contributed by atoms with van der Waals surface area (Å²) in [6, 6.07) is 15.5. The number of hydrogen-bond donors (Lipinski definition) is 1. The van der Waals surface area contributed by atoms with Gasteiger partial charge in [-0.25, -0.2) is 4.39 Å². The molecule has 6 nitrogen and oxygen atoms in total. The standard InChI is InChI=1S/C28H29ClFN3O3/c1-17-26(18(2)33(32-17)15-19-6-9-21(30)14-24(19)29)31-27(34)25-13-12-23(36-25)16-35-22-10-7-20(8-11-22)28(3,4)5/h6-14H,15-16H2,1-5H3,(H,31,34). The fourth-order valence-electron chi connectivity index (χ4n) is 3.80. The van der Waals surface area contributed by atoms with Crippen LogP contribution in [0.4, 0.5) is 10.1 Å². The number of hydrogen-bond acceptors (Lipinski definition) is 4. The Balaban J connectivity index is 1.40. The number of rotatable bonds is 7. The average Bonchev–Trinajstić information content (AvgIpc) is 3.40. The molecule has 4 rings (SSSR count). The highest BCUT2D eigenvalue weighted by Gasteiger charge is 2.19.